The summed E-state index contributed by atoms with van der Waals surface area (Å²) in [5.74, 6) is -0.621. The number of nitrogens with zero attached hydrogens (tertiary/aromatic N) is 1. The second kappa shape index (κ2) is 9.09. The first-order chi connectivity index (χ1) is 14.7. The highest BCUT2D eigenvalue weighted by Crippen LogP contribution is 2.37. The molecular weight excluding hydrogens is 413 g/mol. The molecule has 0 fully saturated rings. The van der Waals surface area contributed by atoms with Gasteiger partial charge < -0.3 is 15.4 Å². The zero-order valence-electron chi connectivity index (χ0n) is 16.8. The first kappa shape index (κ1) is 22.2. The van der Waals surface area contributed by atoms with E-state index < -0.39 is 23.4 Å². The molecular formula is C21H21F3N4O3. The average Bonchev–Trinajstić information content (AvgIpc) is 3.20. The molecule has 3 N–H and O–H groups in total. The number of carbonyl (C=O) groups is 2. The number of allylic oxidation sites excluding steroid dienone is 1. The Kier molecular flexibility index (Phi) is 6.50. The maximum Gasteiger partial charge on any atom is 0.433 e. The van der Waals surface area contributed by atoms with Crippen molar-refractivity contribution in [3.63, 3.8) is 0 Å². The van der Waals surface area contributed by atoms with Gasteiger partial charge in [-0.1, -0.05) is 13.0 Å². The number of benzene rings is 2. The van der Waals surface area contributed by atoms with Gasteiger partial charge in [-0.25, -0.2) is 5.43 Å². The Hall–Kier alpha value is -3.53. The van der Waals surface area contributed by atoms with Crippen molar-refractivity contribution in [3.8, 4) is 5.75 Å². The van der Waals surface area contributed by atoms with E-state index in [4.69, 9.17) is 4.74 Å². The van der Waals surface area contributed by atoms with Gasteiger partial charge in [0.05, 0.1) is 18.4 Å². The van der Waals surface area contributed by atoms with Gasteiger partial charge in [-0.15, -0.1) is 0 Å². The zero-order valence-corrected chi connectivity index (χ0v) is 16.8. The van der Waals surface area contributed by atoms with Crippen LogP contribution in [0.1, 0.15) is 13.3 Å². The third kappa shape index (κ3) is 5.15. The molecule has 0 saturated carbocycles. The van der Waals surface area contributed by atoms with Crippen molar-refractivity contribution in [2.45, 2.75) is 19.5 Å². The SMILES string of the molecule is CCC(=O)Nc1cccc(NC(=O)C2=C(C(F)(F)F)N(c3ccc(OC)cc3)NC2)c1. The first-order valence-corrected chi connectivity index (χ1v) is 9.42. The van der Waals surface area contributed by atoms with Gasteiger partial charge in [-0.2, -0.15) is 13.2 Å². The smallest absolute Gasteiger partial charge is 0.433 e. The van der Waals surface area contributed by atoms with Gasteiger partial charge in [0.2, 0.25) is 5.91 Å². The van der Waals surface area contributed by atoms with E-state index in [1.807, 2.05) is 0 Å². The van der Waals surface area contributed by atoms with Crippen molar-refractivity contribution >= 4 is 28.9 Å². The number of nitrogens with one attached hydrogen (secondary N) is 3. The van der Waals surface area contributed by atoms with Gasteiger partial charge in [0.15, 0.2) is 0 Å². The van der Waals surface area contributed by atoms with Crippen LogP contribution in [0.5, 0.6) is 5.75 Å². The van der Waals surface area contributed by atoms with Crippen LogP contribution in [-0.2, 0) is 9.59 Å². The van der Waals surface area contributed by atoms with Crippen LogP contribution in [0.2, 0.25) is 0 Å². The number of anilines is 3. The lowest BCUT2D eigenvalue weighted by Crippen LogP contribution is -2.36. The number of amides is 2. The van der Waals surface area contributed by atoms with E-state index in [9.17, 15) is 22.8 Å². The summed E-state index contributed by atoms with van der Waals surface area (Å²) in [5, 5.41) is 5.95. The Balaban J connectivity index is 1.87. The maximum absolute atomic E-state index is 13.8. The van der Waals surface area contributed by atoms with Crippen molar-refractivity contribution < 1.29 is 27.5 Å². The van der Waals surface area contributed by atoms with E-state index in [1.165, 1.54) is 43.5 Å². The summed E-state index contributed by atoms with van der Waals surface area (Å²) < 4.78 is 46.6. The fourth-order valence-corrected chi connectivity index (χ4v) is 3.02. The molecule has 0 spiro atoms. The topological polar surface area (TPSA) is 82.7 Å². The number of ether oxygens (including phenoxy) is 1. The summed E-state index contributed by atoms with van der Waals surface area (Å²) >= 11 is 0. The van der Waals surface area contributed by atoms with Crippen molar-refractivity contribution in [1.82, 2.24) is 5.43 Å². The first-order valence-electron chi connectivity index (χ1n) is 9.42. The van der Waals surface area contributed by atoms with E-state index >= 15 is 0 Å². The van der Waals surface area contributed by atoms with Crippen LogP contribution in [0.25, 0.3) is 0 Å². The molecule has 1 aliphatic rings. The summed E-state index contributed by atoms with van der Waals surface area (Å²) in [4.78, 5) is 24.2. The molecule has 7 nitrogen and oxygen atoms in total. The highest BCUT2D eigenvalue weighted by Gasteiger charge is 2.45. The quantitative estimate of drug-likeness (QED) is 0.644. The van der Waals surface area contributed by atoms with E-state index in [0.29, 0.717) is 11.4 Å². The number of hydrogen-bond acceptors (Lipinski definition) is 5. The molecule has 164 valence electrons. The lowest BCUT2D eigenvalue weighted by atomic mass is 10.1. The average molecular weight is 434 g/mol. The summed E-state index contributed by atoms with van der Waals surface area (Å²) in [6, 6.07) is 12.2. The molecule has 0 unspecified atom stereocenters. The predicted octanol–water partition coefficient (Wildman–Crippen LogP) is 3.82. The standard InChI is InChI=1S/C21H21F3N4O3/c1-3-18(29)26-13-5-4-6-14(11-13)27-20(30)17-12-25-28(19(17)21(22,23)24)15-7-9-16(31-2)10-8-15/h4-11,25H,3,12H2,1-2H3,(H,26,29)(H,27,30). The molecule has 0 aromatic heterocycles. The fraction of sp³-hybridized carbons (Fsp3) is 0.238. The second-order valence-corrected chi connectivity index (χ2v) is 6.63. The van der Waals surface area contributed by atoms with E-state index in [0.717, 1.165) is 5.01 Å². The van der Waals surface area contributed by atoms with Gasteiger partial charge in [-0.3, -0.25) is 14.6 Å². The molecule has 10 heteroatoms. The summed E-state index contributed by atoms with van der Waals surface area (Å²) in [6.07, 6.45) is -4.50. The van der Waals surface area contributed by atoms with Gasteiger partial charge in [0.1, 0.15) is 11.4 Å². The van der Waals surface area contributed by atoms with Crippen LogP contribution in [0.15, 0.2) is 59.8 Å². The molecule has 1 heterocycles. The lowest BCUT2D eigenvalue weighted by Gasteiger charge is -2.24. The molecule has 2 aromatic rings. The predicted molar refractivity (Wildman–Crippen MR) is 111 cm³/mol. The Morgan fingerprint density at radius 3 is 2.32 bits per heavy atom. The van der Waals surface area contributed by atoms with Crippen molar-refractivity contribution in [1.29, 1.82) is 0 Å². The third-order valence-electron chi connectivity index (χ3n) is 4.52. The fourth-order valence-electron chi connectivity index (χ4n) is 3.02. The van der Waals surface area contributed by atoms with E-state index in [1.54, 1.807) is 19.1 Å². The highest BCUT2D eigenvalue weighted by atomic mass is 19.4. The molecule has 0 aliphatic carbocycles. The highest BCUT2D eigenvalue weighted by molar-refractivity contribution is 6.06. The summed E-state index contributed by atoms with van der Waals surface area (Å²) in [5.41, 5.74) is 1.96. The number of rotatable bonds is 6. The Morgan fingerprint density at radius 2 is 1.74 bits per heavy atom. The van der Waals surface area contributed by atoms with Crippen LogP contribution < -0.4 is 25.8 Å². The number of hydrazine groups is 1. The molecule has 1 aliphatic heterocycles. The summed E-state index contributed by atoms with van der Waals surface area (Å²) in [6.45, 7) is 1.38. The number of carbonyl (C=O) groups excluding carboxylic acids is 2. The molecule has 3 rings (SSSR count). The maximum atomic E-state index is 13.8. The largest absolute Gasteiger partial charge is 0.497 e. The molecule has 31 heavy (non-hydrogen) atoms. The van der Waals surface area contributed by atoms with Crippen molar-refractivity contribution in [2.75, 3.05) is 29.3 Å². The van der Waals surface area contributed by atoms with Crippen LogP contribution in [0.3, 0.4) is 0 Å². The van der Waals surface area contributed by atoms with E-state index in [-0.39, 0.29) is 30.2 Å². The number of alkyl halides is 3. The van der Waals surface area contributed by atoms with E-state index in [2.05, 4.69) is 16.1 Å². The monoisotopic (exact) mass is 434 g/mol. The minimum absolute atomic E-state index is 0.209. The second-order valence-electron chi connectivity index (χ2n) is 6.63. The summed E-state index contributed by atoms with van der Waals surface area (Å²) in [7, 11) is 1.45. The van der Waals surface area contributed by atoms with Crippen LogP contribution in [0, 0.1) is 0 Å². The van der Waals surface area contributed by atoms with Crippen molar-refractivity contribution in [3.05, 3.63) is 59.8 Å². The number of methoxy groups -OCH3 is 1. The van der Waals surface area contributed by atoms with Gasteiger partial charge in [-0.05, 0) is 42.5 Å². The Bertz CT molecular complexity index is 1000. The molecule has 0 bridgehead atoms. The van der Waals surface area contributed by atoms with Gasteiger partial charge in [0, 0.05) is 24.3 Å². The molecule has 0 radical (unpaired) electrons. The normalized spacial score (nSPS) is 13.9. The minimum atomic E-state index is -4.77. The third-order valence-corrected chi connectivity index (χ3v) is 4.52. The van der Waals surface area contributed by atoms with Crippen LogP contribution in [0.4, 0.5) is 30.2 Å². The van der Waals surface area contributed by atoms with Crippen LogP contribution in [-0.4, -0.2) is 31.6 Å². The van der Waals surface area contributed by atoms with Crippen LogP contribution >= 0.6 is 0 Å². The van der Waals surface area contributed by atoms with Crippen molar-refractivity contribution in [2.24, 2.45) is 0 Å². The molecule has 2 aromatic carbocycles. The van der Waals surface area contributed by atoms with Gasteiger partial charge >= 0.3 is 6.18 Å². The Labute approximate surface area is 176 Å². The Morgan fingerprint density at radius 1 is 1.10 bits per heavy atom. The minimum Gasteiger partial charge on any atom is -0.497 e. The lowest BCUT2D eigenvalue weighted by molar-refractivity contribution is -0.116. The number of halogens is 3. The molecule has 0 atom stereocenters. The molecule has 0 saturated heterocycles. The number of hydrogen-bond donors (Lipinski definition) is 3. The zero-order chi connectivity index (χ0) is 22.6. The van der Waals surface area contributed by atoms with Gasteiger partial charge in [0.25, 0.3) is 5.91 Å². The molecule has 2 amide bonds.